The highest BCUT2D eigenvalue weighted by Crippen LogP contribution is 2.24. The molecule has 0 unspecified atom stereocenters. The van der Waals surface area contributed by atoms with Gasteiger partial charge in [-0.2, -0.15) is 0 Å². The van der Waals surface area contributed by atoms with Crippen LogP contribution in [0.25, 0.3) is 0 Å². The van der Waals surface area contributed by atoms with Gasteiger partial charge in [0.15, 0.2) is 0 Å². The molecule has 3 aliphatic heterocycles. The molecule has 0 aromatic heterocycles. The SMILES string of the molecule is C=C/C=C\C.CC.O=C(CN1CCC(OC2CCN(C(=O)OC3CCCCC3)CC2)CC1)N1CCN(C(=O)c2ccccc2F)CC1. The van der Waals surface area contributed by atoms with Crippen LogP contribution in [-0.2, 0) is 14.3 Å². The predicted molar refractivity (Wildman–Crippen MR) is 184 cm³/mol. The number of hydrogen-bond donors (Lipinski definition) is 0. The van der Waals surface area contributed by atoms with Crippen LogP contribution in [0.3, 0.4) is 0 Å². The van der Waals surface area contributed by atoms with E-state index >= 15 is 0 Å². The van der Waals surface area contributed by atoms with E-state index in [1.54, 1.807) is 28.0 Å². The van der Waals surface area contributed by atoms with Gasteiger partial charge in [0.05, 0.1) is 24.3 Å². The molecule has 0 atom stereocenters. The zero-order chi connectivity index (χ0) is 34.0. The van der Waals surface area contributed by atoms with Gasteiger partial charge in [-0.15, -0.1) is 0 Å². The number of hydrogen-bond acceptors (Lipinski definition) is 6. The van der Waals surface area contributed by atoms with E-state index in [4.69, 9.17) is 9.47 Å². The third-order valence-corrected chi connectivity index (χ3v) is 9.15. The maximum atomic E-state index is 14.0. The minimum absolute atomic E-state index is 0.0739. The number of piperidine rings is 2. The minimum atomic E-state index is -0.515. The fourth-order valence-electron chi connectivity index (χ4n) is 6.44. The van der Waals surface area contributed by atoms with Crippen LogP contribution in [0.4, 0.5) is 9.18 Å². The number of piperazine rings is 1. The number of nitrogens with zero attached hydrogens (tertiary/aromatic N) is 4. The first kappa shape index (κ1) is 38.2. The van der Waals surface area contributed by atoms with Crippen LogP contribution in [0.15, 0.2) is 49.1 Å². The highest BCUT2D eigenvalue weighted by atomic mass is 19.1. The number of likely N-dealkylation sites (tertiary alicyclic amines) is 2. The number of allylic oxidation sites excluding steroid dienone is 3. The zero-order valence-electron chi connectivity index (χ0n) is 28.9. The fraction of sp³-hybridized carbons (Fsp3) is 0.649. The van der Waals surface area contributed by atoms with Gasteiger partial charge in [0.1, 0.15) is 11.9 Å². The van der Waals surface area contributed by atoms with E-state index in [1.807, 2.05) is 37.8 Å². The number of benzene rings is 1. The second-order valence-corrected chi connectivity index (χ2v) is 12.4. The van der Waals surface area contributed by atoms with Gasteiger partial charge in [0.2, 0.25) is 5.91 Å². The minimum Gasteiger partial charge on any atom is -0.446 e. The number of carbonyl (C=O) groups excluding carboxylic acids is 3. The van der Waals surface area contributed by atoms with Crippen LogP contribution in [-0.4, -0.2) is 115 Å². The summed E-state index contributed by atoms with van der Waals surface area (Å²) < 4.78 is 26.1. The van der Waals surface area contributed by atoms with Crippen molar-refractivity contribution in [3.63, 3.8) is 0 Å². The van der Waals surface area contributed by atoms with Crippen molar-refractivity contribution in [1.82, 2.24) is 19.6 Å². The van der Waals surface area contributed by atoms with Crippen molar-refractivity contribution in [2.24, 2.45) is 0 Å². The first-order valence-corrected chi connectivity index (χ1v) is 17.8. The van der Waals surface area contributed by atoms with Gasteiger partial charge >= 0.3 is 6.09 Å². The first-order chi connectivity index (χ1) is 22.9. The normalized spacial score (nSPS) is 20.1. The van der Waals surface area contributed by atoms with Crippen molar-refractivity contribution in [3.8, 4) is 0 Å². The molecule has 47 heavy (non-hydrogen) atoms. The molecule has 1 aliphatic carbocycles. The monoisotopic (exact) mass is 656 g/mol. The molecular weight excluding hydrogens is 599 g/mol. The number of ether oxygens (including phenoxy) is 2. The van der Waals surface area contributed by atoms with Crippen molar-refractivity contribution in [3.05, 3.63) is 60.5 Å². The maximum absolute atomic E-state index is 14.0. The van der Waals surface area contributed by atoms with Gasteiger partial charge in [-0.3, -0.25) is 14.5 Å². The molecule has 3 amide bonds. The van der Waals surface area contributed by atoms with E-state index < -0.39 is 5.82 Å². The molecule has 262 valence electrons. The Morgan fingerprint density at radius 1 is 0.787 bits per heavy atom. The van der Waals surface area contributed by atoms with E-state index in [2.05, 4.69) is 11.5 Å². The van der Waals surface area contributed by atoms with Crippen LogP contribution in [0.1, 0.15) is 88.9 Å². The molecule has 1 aromatic carbocycles. The summed E-state index contributed by atoms with van der Waals surface area (Å²) in [6.07, 6.45) is 14.8. The molecule has 4 fully saturated rings. The Morgan fingerprint density at radius 2 is 1.36 bits per heavy atom. The summed E-state index contributed by atoms with van der Waals surface area (Å²) in [4.78, 5) is 45.5. The Labute approximate surface area is 281 Å². The topological polar surface area (TPSA) is 82.6 Å². The molecule has 0 radical (unpaired) electrons. The molecule has 4 aliphatic rings. The lowest BCUT2D eigenvalue weighted by Crippen LogP contribution is -2.53. The van der Waals surface area contributed by atoms with Gasteiger partial charge in [-0.1, -0.05) is 57.2 Å². The molecule has 5 rings (SSSR count). The molecule has 1 saturated carbocycles. The summed E-state index contributed by atoms with van der Waals surface area (Å²) in [5.74, 6) is -0.763. The average Bonchev–Trinajstić information content (AvgIpc) is 3.11. The number of halogens is 1. The molecule has 0 bridgehead atoms. The predicted octanol–water partition coefficient (Wildman–Crippen LogP) is 6.30. The third kappa shape index (κ3) is 12.4. The molecule has 0 N–H and O–H groups in total. The molecule has 0 spiro atoms. The lowest BCUT2D eigenvalue weighted by molar-refractivity contribution is -0.135. The lowest BCUT2D eigenvalue weighted by atomic mass is 9.98. The van der Waals surface area contributed by atoms with Gasteiger partial charge in [0.25, 0.3) is 5.91 Å². The average molecular weight is 657 g/mol. The molecule has 3 saturated heterocycles. The molecule has 9 nitrogen and oxygen atoms in total. The highest BCUT2D eigenvalue weighted by Gasteiger charge is 2.31. The first-order valence-electron chi connectivity index (χ1n) is 17.8. The van der Waals surface area contributed by atoms with E-state index in [-0.39, 0.29) is 41.8 Å². The number of rotatable bonds is 7. The Balaban J connectivity index is 0.000000784. The van der Waals surface area contributed by atoms with Crippen LogP contribution in [0.5, 0.6) is 0 Å². The standard InChI is InChI=1S/C30H43FN4O5.C5H8.C2H6/c31-27-9-5-4-8-26(27)29(37)34-20-18-33(19-21-34)28(36)22-32-14-10-24(11-15-32)39-25-12-16-35(17-13-25)30(38)40-23-6-2-1-3-7-23;1-3-5-4-2;1-2/h4-5,8-9,23-25H,1-3,6-7,10-22H2;3-5H,1H2,2H3;1-2H3/b;5-4-;. The fourth-order valence-corrected chi connectivity index (χ4v) is 6.44. The van der Waals surface area contributed by atoms with Crippen LogP contribution in [0, 0.1) is 5.82 Å². The molecular formula is C37H57FN4O5. The summed E-state index contributed by atoms with van der Waals surface area (Å²) in [5.41, 5.74) is 0.0788. The molecule has 10 heteroatoms. The Bertz CT molecular complexity index is 1130. The summed E-state index contributed by atoms with van der Waals surface area (Å²) in [6.45, 7) is 14.5. The van der Waals surface area contributed by atoms with E-state index in [9.17, 15) is 18.8 Å². The van der Waals surface area contributed by atoms with E-state index in [0.29, 0.717) is 45.8 Å². The summed E-state index contributed by atoms with van der Waals surface area (Å²) in [6, 6.07) is 6.02. The zero-order valence-corrected chi connectivity index (χ0v) is 28.9. The van der Waals surface area contributed by atoms with Gasteiger partial charge in [0, 0.05) is 52.4 Å². The highest BCUT2D eigenvalue weighted by molar-refractivity contribution is 5.94. The molecule has 3 heterocycles. The van der Waals surface area contributed by atoms with Crippen LogP contribution >= 0.6 is 0 Å². The summed E-state index contributed by atoms with van der Waals surface area (Å²) >= 11 is 0. The van der Waals surface area contributed by atoms with Crippen molar-refractivity contribution < 1.29 is 28.2 Å². The van der Waals surface area contributed by atoms with Crippen LogP contribution < -0.4 is 0 Å². The van der Waals surface area contributed by atoms with Gasteiger partial charge in [-0.05, 0) is 70.4 Å². The van der Waals surface area contributed by atoms with E-state index in [0.717, 1.165) is 64.5 Å². The quantitative estimate of drug-likeness (QED) is 0.321. The summed E-state index contributed by atoms with van der Waals surface area (Å²) in [5, 5.41) is 0. The largest absolute Gasteiger partial charge is 0.446 e. The Morgan fingerprint density at radius 3 is 1.91 bits per heavy atom. The third-order valence-electron chi connectivity index (χ3n) is 9.15. The van der Waals surface area contributed by atoms with Crippen molar-refractivity contribution in [1.29, 1.82) is 0 Å². The summed E-state index contributed by atoms with van der Waals surface area (Å²) in [7, 11) is 0. The van der Waals surface area contributed by atoms with Crippen LogP contribution in [0.2, 0.25) is 0 Å². The van der Waals surface area contributed by atoms with Gasteiger partial charge < -0.3 is 24.2 Å². The molecule has 1 aromatic rings. The second-order valence-electron chi connectivity index (χ2n) is 12.4. The second kappa shape index (κ2) is 20.9. The number of carbonyl (C=O) groups is 3. The Hall–Kier alpha value is -3.24. The lowest BCUT2D eigenvalue weighted by Gasteiger charge is -2.38. The number of amides is 3. The van der Waals surface area contributed by atoms with Crippen molar-refractivity contribution in [2.45, 2.75) is 96.9 Å². The van der Waals surface area contributed by atoms with E-state index in [1.165, 1.54) is 18.6 Å². The smallest absolute Gasteiger partial charge is 0.410 e. The van der Waals surface area contributed by atoms with Gasteiger partial charge in [-0.25, -0.2) is 9.18 Å². The maximum Gasteiger partial charge on any atom is 0.410 e. The van der Waals surface area contributed by atoms with Crippen molar-refractivity contribution in [2.75, 3.05) is 58.9 Å². The van der Waals surface area contributed by atoms with Crippen molar-refractivity contribution >= 4 is 17.9 Å². The Kier molecular flexibility index (Phi) is 17.0.